The Morgan fingerprint density at radius 3 is 2.00 bits per heavy atom. The lowest BCUT2D eigenvalue weighted by Gasteiger charge is -2.23. The van der Waals surface area contributed by atoms with Gasteiger partial charge in [0.1, 0.15) is 5.76 Å². The van der Waals surface area contributed by atoms with Crippen LogP contribution in [-0.4, -0.2) is 16.0 Å². The van der Waals surface area contributed by atoms with Crippen molar-refractivity contribution in [3.8, 4) is 0 Å². The van der Waals surface area contributed by atoms with E-state index in [2.05, 4.69) is 62.1 Å². The zero-order chi connectivity index (χ0) is 20.1. The molecule has 0 aliphatic heterocycles. The number of aromatic carboxylic acids is 1. The van der Waals surface area contributed by atoms with Gasteiger partial charge in [0.15, 0.2) is 0 Å². The highest BCUT2D eigenvalue weighted by Gasteiger charge is 2.16. The molecule has 0 radical (unpaired) electrons. The molecule has 0 unspecified atom stereocenters. The first-order valence-electron chi connectivity index (χ1n) is 9.49. The van der Waals surface area contributed by atoms with E-state index < -0.39 is 5.97 Å². The summed E-state index contributed by atoms with van der Waals surface area (Å²) in [6.07, 6.45) is 0. The van der Waals surface area contributed by atoms with Crippen molar-refractivity contribution in [3.05, 3.63) is 94.9 Å². The Labute approximate surface area is 166 Å². The van der Waals surface area contributed by atoms with Gasteiger partial charge in [-0.25, -0.2) is 4.79 Å². The summed E-state index contributed by atoms with van der Waals surface area (Å²) in [5, 5.41) is 9.09. The Hall–Kier alpha value is -2.85. The minimum Gasteiger partial charge on any atom is -0.475 e. The molecule has 0 aliphatic carbocycles. The molecule has 0 saturated heterocycles. The van der Waals surface area contributed by atoms with Crippen LogP contribution < -0.4 is 0 Å². The normalized spacial score (nSPS) is 11.7. The number of furan rings is 1. The van der Waals surface area contributed by atoms with Crippen LogP contribution in [0, 0.1) is 0 Å². The fourth-order valence-corrected chi connectivity index (χ4v) is 3.18. The summed E-state index contributed by atoms with van der Waals surface area (Å²) >= 11 is 0. The zero-order valence-electron chi connectivity index (χ0n) is 16.7. The summed E-state index contributed by atoms with van der Waals surface area (Å²) < 4.78 is 5.47. The number of nitrogens with zero attached hydrogens (tertiary/aromatic N) is 1. The van der Waals surface area contributed by atoms with Crippen molar-refractivity contribution in [1.29, 1.82) is 0 Å². The van der Waals surface area contributed by atoms with Gasteiger partial charge in [0.05, 0.1) is 6.54 Å². The maximum Gasteiger partial charge on any atom is 0.371 e. The van der Waals surface area contributed by atoms with E-state index >= 15 is 0 Å². The summed E-state index contributed by atoms with van der Waals surface area (Å²) in [6, 6.07) is 22.2. The molecule has 4 heteroatoms. The fourth-order valence-electron chi connectivity index (χ4n) is 3.18. The van der Waals surface area contributed by atoms with Crippen LogP contribution in [0.2, 0.25) is 0 Å². The third-order valence-electron chi connectivity index (χ3n) is 4.73. The highest BCUT2D eigenvalue weighted by molar-refractivity contribution is 5.84. The van der Waals surface area contributed by atoms with E-state index in [0.29, 0.717) is 12.3 Å². The van der Waals surface area contributed by atoms with Crippen LogP contribution in [0.4, 0.5) is 0 Å². The molecule has 28 heavy (non-hydrogen) atoms. The van der Waals surface area contributed by atoms with E-state index in [1.54, 1.807) is 6.07 Å². The number of hydrogen-bond donors (Lipinski definition) is 1. The van der Waals surface area contributed by atoms with Crippen molar-refractivity contribution < 1.29 is 14.3 Å². The van der Waals surface area contributed by atoms with Crippen molar-refractivity contribution in [1.82, 2.24) is 4.90 Å². The number of benzene rings is 2. The number of hydrogen-bond acceptors (Lipinski definition) is 3. The maximum absolute atomic E-state index is 11.1. The van der Waals surface area contributed by atoms with Gasteiger partial charge >= 0.3 is 5.97 Å². The summed E-state index contributed by atoms with van der Waals surface area (Å²) in [7, 11) is 0. The largest absolute Gasteiger partial charge is 0.475 e. The van der Waals surface area contributed by atoms with Crippen LogP contribution in [0.25, 0.3) is 0 Å². The van der Waals surface area contributed by atoms with Crippen molar-refractivity contribution in [2.45, 2.75) is 45.8 Å². The maximum atomic E-state index is 11.1. The van der Waals surface area contributed by atoms with E-state index in [1.807, 2.05) is 18.2 Å². The second-order valence-electron chi connectivity index (χ2n) is 8.15. The first kappa shape index (κ1) is 19.9. The van der Waals surface area contributed by atoms with E-state index in [-0.39, 0.29) is 11.2 Å². The molecule has 0 aliphatic rings. The molecule has 0 bridgehead atoms. The smallest absolute Gasteiger partial charge is 0.371 e. The molecule has 4 nitrogen and oxygen atoms in total. The van der Waals surface area contributed by atoms with Gasteiger partial charge in [-0.2, -0.15) is 0 Å². The SMILES string of the molecule is CC(C)(C)c1ccc(CN(Cc2ccccc2)Cc2ccc(C(=O)O)o2)cc1. The molecule has 146 valence electrons. The standard InChI is InChI=1S/C24H27NO3/c1-24(2,3)20-11-9-19(10-12-20)16-25(15-18-7-5-4-6-8-18)17-21-13-14-22(28-21)23(26)27/h4-14H,15-17H2,1-3H3,(H,26,27). The molecule has 1 N–H and O–H groups in total. The lowest BCUT2D eigenvalue weighted by molar-refractivity contribution is 0.0658. The van der Waals surface area contributed by atoms with Crippen LogP contribution in [0.1, 0.15) is 53.8 Å². The summed E-state index contributed by atoms with van der Waals surface area (Å²) in [5.41, 5.74) is 3.86. The molecule has 3 aromatic rings. The monoisotopic (exact) mass is 377 g/mol. The average molecular weight is 377 g/mol. The Kier molecular flexibility index (Phi) is 6.00. The predicted octanol–water partition coefficient (Wildman–Crippen LogP) is 5.48. The number of carboxylic acids is 1. The van der Waals surface area contributed by atoms with Crippen molar-refractivity contribution in [2.24, 2.45) is 0 Å². The van der Waals surface area contributed by atoms with Crippen LogP contribution in [0.15, 0.2) is 71.1 Å². The first-order chi connectivity index (χ1) is 13.3. The molecular weight excluding hydrogens is 350 g/mol. The molecule has 3 rings (SSSR count). The summed E-state index contributed by atoms with van der Waals surface area (Å²) in [4.78, 5) is 13.3. The lowest BCUT2D eigenvalue weighted by atomic mass is 9.87. The van der Waals surface area contributed by atoms with Gasteiger partial charge in [0.25, 0.3) is 0 Å². The molecule has 1 heterocycles. The zero-order valence-corrected chi connectivity index (χ0v) is 16.7. The Morgan fingerprint density at radius 2 is 1.46 bits per heavy atom. The predicted molar refractivity (Wildman–Crippen MR) is 110 cm³/mol. The van der Waals surface area contributed by atoms with Crippen LogP contribution in [0.5, 0.6) is 0 Å². The summed E-state index contributed by atoms with van der Waals surface area (Å²) in [5.74, 6) is -0.414. The van der Waals surface area contributed by atoms with E-state index in [1.165, 1.54) is 22.8 Å². The van der Waals surface area contributed by atoms with Gasteiger partial charge < -0.3 is 9.52 Å². The Morgan fingerprint density at radius 1 is 0.857 bits per heavy atom. The van der Waals surface area contributed by atoms with Crippen molar-refractivity contribution in [2.75, 3.05) is 0 Å². The van der Waals surface area contributed by atoms with E-state index in [9.17, 15) is 4.79 Å². The minimum atomic E-state index is -1.04. The van der Waals surface area contributed by atoms with Crippen molar-refractivity contribution >= 4 is 5.97 Å². The minimum absolute atomic E-state index is 0.0239. The Bertz CT molecular complexity index is 905. The van der Waals surface area contributed by atoms with Gasteiger partial charge in [-0.1, -0.05) is 75.4 Å². The second kappa shape index (κ2) is 8.44. The van der Waals surface area contributed by atoms with Gasteiger partial charge in [-0.05, 0) is 34.2 Å². The first-order valence-corrected chi connectivity index (χ1v) is 9.49. The van der Waals surface area contributed by atoms with Crippen LogP contribution in [-0.2, 0) is 25.0 Å². The van der Waals surface area contributed by atoms with Crippen molar-refractivity contribution in [3.63, 3.8) is 0 Å². The van der Waals surface area contributed by atoms with E-state index in [4.69, 9.17) is 9.52 Å². The number of carboxylic acid groups (broad SMARTS) is 1. The molecular formula is C24H27NO3. The molecule has 0 amide bonds. The molecule has 0 spiro atoms. The Balaban J connectivity index is 1.78. The number of carbonyl (C=O) groups is 1. The van der Waals surface area contributed by atoms with Crippen LogP contribution >= 0.6 is 0 Å². The van der Waals surface area contributed by atoms with E-state index in [0.717, 1.165) is 13.1 Å². The highest BCUT2D eigenvalue weighted by atomic mass is 16.4. The third-order valence-corrected chi connectivity index (χ3v) is 4.73. The molecule has 1 aromatic heterocycles. The average Bonchev–Trinajstić information content (AvgIpc) is 3.11. The van der Waals surface area contributed by atoms with Crippen LogP contribution in [0.3, 0.4) is 0 Å². The molecule has 2 aromatic carbocycles. The second-order valence-corrected chi connectivity index (χ2v) is 8.15. The quantitative estimate of drug-likeness (QED) is 0.592. The van der Waals surface area contributed by atoms with Gasteiger partial charge in [-0.3, -0.25) is 4.90 Å². The third kappa shape index (κ3) is 5.33. The van der Waals surface area contributed by atoms with Gasteiger partial charge in [0.2, 0.25) is 5.76 Å². The molecule has 0 atom stereocenters. The highest BCUT2D eigenvalue weighted by Crippen LogP contribution is 2.23. The lowest BCUT2D eigenvalue weighted by Crippen LogP contribution is -2.22. The molecule has 0 fully saturated rings. The van der Waals surface area contributed by atoms with Gasteiger partial charge in [-0.15, -0.1) is 0 Å². The van der Waals surface area contributed by atoms with Gasteiger partial charge in [0, 0.05) is 13.1 Å². The topological polar surface area (TPSA) is 53.7 Å². The number of rotatable bonds is 7. The summed E-state index contributed by atoms with van der Waals surface area (Å²) in [6.45, 7) is 8.68. The fraction of sp³-hybridized carbons (Fsp3) is 0.292. The molecule has 0 saturated carbocycles.